The summed E-state index contributed by atoms with van der Waals surface area (Å²) in [5.41, 5.74) is -4.51. The largest absolute Gasteiger partial charge is 0.428 e. The van der Waals surface area contributed by atoms with Crippen LogP contribution in [0.2, 0.25) is 0 Å². The van der Waals surface area contributed by atoms with E-state index in [1.165, 1.54) is 0 Å². The molecule has 0 aliphatic carbocycles. The number of aliphatic hydroxyl groups is 1. The first-order valence-electron chi connectivity index (χ1n) is 3.90. The van der Waals surface area contributed by atoms with Crippen molar-refractivity contribution in [2.24, 2.45) is 0 Å². The Bertz CT molecular complexity index is 193. The second-order valence-corrected chi connectivity index (χ2v) is 3.15. The third kappa shape index (κ3) is 2.75. The maximum atomic E-state index is 12.2. The molecule has 2 nitrogen and oxygen atoms in total. The van der Waals surface area contributed by atoms with Crippen molar-refractivity contribution in [2.75, 3.05) is 6.61 Å². The summed E-state index contributed by atoms with van der Waals surface area (Å²) in [6, 6.07) is 0. The highest BCUT2D eigenvalue weighted by molar-refractivity contribution is 4.96. The molecule has 0 radical (unpaired) electrons. The number of halogens is 6. The van der Waals surface area contributed by atoms with Crippen LogP contribution in [0.5, 0.6) is 0 Å². The van der Waals surface area contributed by atoms with Crippen LogP contribution in [0.25, 0.3) is 0 Å². The van der Waals surface area contributed by atoms with Crippen molar-refractivity contribution in [1.82, 2.24) is 0 Å². The maximum absolute atomic E-state index is 12.2. The Morgan fingerprint density at radius 3 is 1.40 bits per heavy atom. The molecule has 0 fully saturated rings. The van der Waals surface area contributed by atoms with Crippen molar-refractivity contribution in [2.45, 2.75) is 37.9 Å². The second kappa shape index (κ2) is 4.17. The van der Waals surface area contributed by atoms with Crippen LogP contribution >= 0.6 is 0 Å². The molecule has 8 heteroatoms. The molecule has 0 bridgehead atoms. The molecule has 0 rings (SSSR count). The minimum atomic E-state index is -5.72. The van der Waals surface area contributed by atoms with Gasteiger partial charge in [-0.1, -0.05) is 0 Å². The van der Waals surface area contributed by atoms with Gasteiger partial charge in [0.15, 0.2) is 0 Å². The van der Waals surface area contributed by atoms with Crippen LogP contribution in [0.4, 0.5) is 26.3 Å². The van der Waals surface area contributed by atoms with Crippen molar-refractivity contribution in [3.8, 4) is 0 Å². The summed E-state index contributed by atoms with van der Waals surface area (Å²) in [6.07, 6.45) is -12.8. The zero-order valence-corrected chi connectivity index (χ0v) is 7.91. The van der Waals surface area contributed by atoms with Crippen LogP contribution < -0.4 is 0 Å². The number of rotatable bonds is 3. The molecule has 15 heavy (non-hydrogen) atoms. The maximum Gasteiger partial charge on any atom is 0.428 e. The van der Waals surface area contributed by atoms with Gasteiger partial charge in [0.2, 0.25) is 0 Å². The third-order valence-corrected chi connectivity index (χ3v) is 1.58. The summed E-state index contributed by atoms with van der Waals surface area (Å²) in [5.74, 6) is 0. The average Bonchev–Trinajstić information content (AvgIpc) is 1.94. The highest BCUT2D eigenvalue weighted by Gasteiger charge is 2.72. The first kappa shape index (κ1) is 14.5. The second-order valence-electron chi connectivity index (χ2n) is 3.15. The fourth-order valence-electron chi connectivity index (χ4n) is 0.913. The van der Waals surface area contributed by atoms with Crippen molar-refractivity contribution in [3.63, 3.8) is 0 Å². The van der Waals surface area contributed by atoms with Gasteiger partial charge in [0.1, 0.15) is 0 Å². The average molecular weight is 240 g/mol. The van der Waals surface area contributed by atoms with Crippen molar-refractivity contribution < 1.29 is 36.2 Å². The van der Waals surface area contributed by atoms with Gasteiger partial charge in [-0.15, -0.1) is 0 Å². The normalized spacial score (nSPS) is 14.8. The smallest absolute Gasteiger partial charge is 0.393 e. The quantitative estimate of drug-likeness (QED) is 0.767. The number of alkyl halides is 6. The Labute approximate surface area is 81.8 Å². The minimum absolute atomic E-state index is 1.02. The number of hydrogen-bond donors (Lipinski definition) is 1. The first-order chi connectivity index (χ1) is 6.48. The summed E-state index contributed by atoms with van der Waals surface area (Å²) >= 11 is 0. The van der Waals surface area contributed by atoms with Crippen LogP contribution in [0.3, 0.4) is 0 Å². The Kier molecular flexibility index (Phi) is 4.03. The zero-order chi connectivity index (χ0) is 12.5. The van der Waals surface area contributed by atoms with E-state index < -0.39 is 30.7 Å². The van der Waals surface area contributed by atoms with Crippen molar-refractivity contribution in [3.05, 3.63) is 0 Å². The fraction of sp³-hybridized carbons (Fsp3) is 1.00. The zero-order valence-electron chi connectivity index (χ0n) is 7.91. The predicted molar refractivity (Wildman–Crippen MR) is 38.1 cm³/mol. The Morgan fingerprint density at radius 1 is 1.00 bits per heavy atom. The molecule has 0 atom stereocenters. The molecule has 0 aromatic carbocycles. The van der Waals surface area contributed by atoms with E-state index in [-0.39, 0.29) is 0 Å². The summed E-state index contributed by atoms with van der Waals surface area (Å²) in [4.78, 5) is 0. The van der Waals surface area contributed by atoms with E-state index in [9.17, 15) is 26.3 Å². The molecule has 0 amide bonds. The van der Waals surface area contributed by atoms with Crippen LogP contribution in [0.1, 0.15) is 13.8 Å². The van der Waals surface area contributed by atoms with Gasteiger partial charge in [-0.3, -0.25) is 0 Å². The molecule has 0 saturated carbocycles. The van der Waals surface area contributed by atoms with E-state index in [0.717, 1.165) is 13.8 Å². The molecule has 0 aliphatic heterocycles. The van der Waals surface area contributed by atoms with E-state index in [0.29, 0.717) is 0 Å². The number of aliphatic hydroxyl groups excluding tert-OH is 1. The summed E-state index contributed by atoms with van der Waals surface area (Å²) in [5, 5.41) is 8.33. The Balaban J connectivity index is 5.33. The van der Waals surface area contributed by atoms with Crippen LogP contribution in [0, 0.1) is 0 Å². The summed E-state index contributed by atoms with van der Waals surface area (Å²) in [7, 11) is 0. The van der Waals surface area contributed by atoms with Gasteiger partial charge in [0.05, 0.1) is 12.7 Å². The molecular weight excluding hydrogens is 230 g/mol. The fourth-order valence-corrected chi connectivity index (χ4v) is 0.913. The monoisotopic (exact) mass is 240 g/mol. The molecule has 0 aromatic heterocycles. The topological polar surface area (TPSA) is 29.5 Å². The molecular formula is C7H10F6O2. The minimum Gasteiger partial charge on any atom is -0.393 e. The molecule has 1 N–H and O–H groups in total. The van der Waals surface area contributed by atoms with E-state index in [2.05, 4.69) is 4.74 Å². The van der Waals surface area contributed by atoms with Gasteiger partial charge in [0, 0.05) is 0 Å². The Morgan fingerprint density at radius 2 is 1.33 bits per heavy atom. The first-order valence-corrected chi connectivity index (χ1v) is 3.90. The van der Waals surface area contributed by atoms with Crippen molar-refractivity contribution in [1.29, 1.82) is 0 Å². The lowest BCUT2D eigenvalue weighted by molar-refractivity contribution is -0.395. The van der Waals surface area contributed by atoms with Gasteiger partial charge >= 0.3 is 12.4 Å². The molecule has 0 saturated heterocycles. The van der Waals surface area contributed by atoms with Gasteiger partial charge < -0.3 is 9.84 Å². The van der Waals surface area contributed by atoms with Crippen molar-refractivity contribution >= 4 is 0 Å². The van der Waals surface area contributed by atoms with Crippen LogP contribution in [-0.2, 0) is 4.74 Å². The van der Waals surface area contributed by atoms with E-state index in [4.69, 9.17) is 5.11 Å². The van der Waals surface area contributed by atoms with E-state index >= 15 is 0 Å². The number of hydrogen-bond acceptors (Lipinski definition) is 2. The lowest BCUT2D eigenvalue weighted by Crippen LogP contribution is -2.62. The molecule has 0 aromatic rings. The van der Waals surface area contributed by atoms with Gasteiger partial charge in [-0.05, 0) is 13.8 Å². The molecule has 0 unspecified atom stereocenters. The highest BCUT2D eigenvalue weighted by atomic mass is 19.4. The molecule has 0 heterocycles. The summed E-state index contributed by atoms with van der Waals surface area (Å²) < 4.78 is 77.2. The van der Waals surface area contributed by atoms with Crippen LogP contribution in [-0.4, -0.2) is 35.8 Å². The molecule has 0 aliphatic rings. The van der Waals surface area contributed by atoms with Gasteiger partial charge in [-0.25, -0.2) is 0 Å². The standard InChI is InChI=1S/C7H10F6O2/c1-4(2)15-5(3-14,6(8,9)10)7(11,12)13/h4,14H,3H2,1-2H3. The lowest BCUT2D eigenvalue weighted by atomic mass is 10.0. The SMILES string of the molecule is CC(C)OC(CO)(C(F)(F)F)C(F)(F)F. The van der Waals surface area contributed by atoms with Crippen LogP contribution in [0.15, 0.2) is 0 Å². The third-order valence-electron chi connectivity index (χ3n) is 1.58. The molecule has 0 spiro atoms. The predicted octanol–water partition coefficient (Wildman–Crippen LogP) is 2.27. The lowest BCUT2D eigenvalue weighted by Gasteiger charge is -2.36. The highest BCUT2D eigenvalue weighted by Crippen LogP contribution is 2.46. The Hall–Kier alpha value is -0.500. The molecule has 92 valence electrons. The van der Waals surface area contributed by atoms with E-state index in [1.807, 2.05) is 0 Å². The number of ether oxygens (including phenoxy) is 1. The van der Waals surface area contributed by atoms with E-state index in [1.54, 1.807) is 0 Å². The summed E-state index contributed by atoms with van der Waals surface area (Å²) in [6.45, 7) is -0.165. The van der Waals surface area contributed by atoms with Gasteiger partial charge in [-0.2, -0.15) is 26.3 Å². The van der Waals surface area contributed by atoms with Gasteiger partial charge in [0.25, 0.3) is 5.60 Å².